The lowest BCUT2D eigenvalue weighted by atomic mass is 10.1. The molecule has 0 atom stereocenters. The highest BCUT2D eigenvalue weighted by molar-refractivity contribution is 8.26. The fourth-order valence-corrected chi connectivity index (χ4v) is 4.97. The molecule has 0 N–H and O–H groups in total. The number of hydrogen-bond donors (Lipinski definition) is 0. The number of likely N-dealkylation sites (N-methyl/N-ethyl adjacent to an activating group) is 1. The number of thiocarbonyl (C=S) groups is 1. The Kier molecular flexibility index (Phi) is 8.45. The van der Waals surface area contributed by atoms with Gasteiger partial charge in [0.25, 0.3) is 5.91 Å². The third kappa shape index (κ3) is 5.57. The van der Waals surface area contributed by atoms with E-state index in [-0.39, 0.29) is 5.91 Å². The van der Waals surface area contributed by atoms with Crippen LogP contribution < -0.4 is 14.2 Å². The van der Waals surface area contributed by atoms with Gasteiger partial charge in [-0.1, -0.05) is 53.8 Å². The van der Waals surface area contributed by atoms with Crippen LogP contribution in [0, 0.1) is 13.8 Å². The number of halogens is 1. The van der Waals surface area contributed by atoms with Crippen LogP contribution in [0.2, 0.25) is 5.02 Å². The van der Waals surface area contributed by atoms with Gasteiger partial charge in [0.1, 0.15) is 23.3 Å². The van der Waals surface area contributed by atoms with Gasteiger partial charge in [-0.15, -0.1) is 0 Å². The van der Waals surface area contributed by atoms with Crippen LogP contribution in [0.5, 0.6) is 17.2 Å². The average molecular weight is 492 g/mol. The summed E-state index contributed by atoms with van der Waals surface area (Å²) < 4.78 is 18.1. The monoisotopic (exact) mass is 491 g/mol. The maximum Gasteiger partial charge on any atom is 0.266 e. The van der Waals surface area contributed by atoms with Gasteiger partial charge in [-0.25, -0.2) is 0 Å². The number of carbonyl (C=O) groups excluding carboxylic acids is 1. The Bertz CT molecular complexity index is 1030. The van der Waals surface area contributed by atoms with E-state index in [2.05, 4.69) is 0 Å². The molecule has 5 nitrogen and oxygen atoms in total. The first kappa shape index (κ1) is 24.4. The number of thioether (sulfide) groups is 1. The Morgan fingerprint density at radius 1 is 1.06 bits per heavy atom. The minimum atomic E-state index is -0.0967. The van der Waals surface area contributed by atoms with Crippen LogP contribution in [0.1, 0.15) is 30.5 Å². The van der Waals surface area contributed by atoms with Crippen molar-refractivity contribution in [2.24, 2.45) is 0 Å². The number of hydrogen-bond acceptors (Lipinski definition) is 6. The molecule has 1 aliphatic heterocycles. The van der Waals surface area contributed by atoms with Gasteiger partial charge in [-0.3, -0.25) is 9.69 Å². The van der Waals surface area contributed by atoms with Crippen molar-refractivity contribution in [3.63, 3.8) is 0 Å². The van der Waals surface area contributed by atoms with Crippen molar-refractivity contribution in [2.75, 3.05) is 26.4 Å². The molecule has 0 saturated carbocycles. The molecule has 1 aliphatic rings. The summed E-state index contributed by atoms with van der Waals surface area (Å²) in [4.78, 5) is 14.6. The largest absolute Gasteiger partial charge is 0.490 e. The van der Waals surface area contributed by atoms with E-state index in [0.29, 0.717) is 52.1 Å². The van der Waals surface area contributed by atoms with Crippen LogP contribution in [-0.2, 0) is 4.79 Å². The number of ether oxygens (including phenoxy) is 3. The van der Waals surface area contributed by atoms with Crippen LogP contribution in [0.3, 0.4) is 0 Å². The Balaban J connectivity index is 1.74. The van der Waals surface area contributed by atoms with Gasteiger partial charge in [0.05, 0.1) is 16.5 Å². The SMILES string of the molecule is CCOc1cc(C=C2SC(=S)N(CC)C2=O)cc(Cl)c1OCCOc1c(C)cccc1C. The molecule has 0 bridgehead atoms. The second kappa shape index (κ2) is 11.1. The lowest BCUT2D eigenvalue weighted by Gasteiger charge is -2.16. The van der Waals surface area contributed by atoms with Gasteiger partial charge in [-0.2, -0.15) is 0 Å². The summed E-state index contributed by atoms with van der Waals surface area (Å²) in [5.74, 6) is 1.74. The van der Waals surface area contributed by atoms with Crippen LogP contribution in [0.15, 0.2) is 35.2 Å². The molecule has 32 heavy (non-hydrogen) atoms. The van der Waals surface area contributed by atoms with Gasteiger partial charge in [0, 0.05) is 6.54 Å². The van der Waals surface area contributed by atoms with E-state index in [9.17, 15) is 4.79 Å². The highest BCUT2D eigenvalue weighted by atomic mass is 35.5. The highest BCUT2D eigenvalue weighted by Gasteiger charge is 2.30. The molecule has 1 heterocycles. The van der Waals surface area contributed by atoms with Crippen molar-refractivity contribution in [1.29, 1.82) is 0 Å². The summed E-state index contributed by atoms with van der Waals surface area (Å²) in [5.41, 5.74) is 2.90. The topological polar surface area (TPSA) is 48.0 Å². The summed E-state index contributed by atoms with van der Waals surface area (Å²) in [7, 11) is 0. The lowest BCUT2D eigenvalue weighted by molar-refractivity contribution is -0.121. The third-order valence-corrected chi connectivity index (χ3v) is 6.46. The normalized spacial score (nSPS) is 14.9. The molecule has 0 aliphatic carbocycles. The van der Waals surface area contributed by atoms with E-state index in [1.54, 1.807) is 17.0 Å². The van der Waals surface area contributed by atoms with E-state index in [1.165, 1.54) is 11.8 Å². The first-order valence-electron chi connectivity index (χ1n) is 10.4. The lowest BCUT2D eigenvalue weighted by Crippen LogP contribution is -2.27. The maximum atomic E-state index is 12.5. The molecule has 0 aromatic heterocycles. The fraction of sp³-hybridized carbons (Fsp3) is 0.333. The van der Waals surface area contributed by atoms with Gasteiger partial charge >= 0.3 is 0 Å². The zero-order chi connectivity index (χ0) is 23.3. The predicted octanol–water partition coefficient (Wildman–Crippen LogP) is 6.03. The van der Waals surface area contributed by atoms with Crippen molar-refractivity contribution >= 4 is 51.9 Å². The van der Waals surface area contributed by atoms with E-state index in [4.69, 9.17) is 38.0 Å². The van der Waals surface area contributed by atoms with Gasteiger partial charge in [0.2, 0.25) is 0 Å². The molecule has 170 valence electrons. The quantitative estimate of drug-likeness (QED) is 0.242. The maximum absolute atomic E-state index is 12.5. The average Bonchev–Trinajstić information content (AvgIpc) is 3.01. The summed E-state index contributed by atoms with van der Waals surface area (Å²) in [5, 5.41) is 0.403. The van der Waals surface area contributed by atoms with Crippen LogP contribution in [-0.4, -0.2) is 41.5 Å². The number of carbonyl (C=O) groups is 1. The van der Waals surface area contributed by atoms with Gasteiger partial charge in [-0.05, 0) is 62.6 Å². The summed E-state index contributed by atoms with van der Waals surface area (Å²) in [6.45, 7) is 9.49. The Morgan fingerprint density at radius 2 is 1.72 bits per heavy atom. The molecular weight excluding hydrogens is 466 g/mol. The van der Waals surface area contributed by atoms with E-state index in [0.717, 1.165) is 22.4 Å². The molecule has 0 radical (unpaired) electrons. The van der Waals surface area contributed by atoms with Crippen molar-refractivity contribution in [1.82, 2.24) is 4.90 Å². The van der Waals surface area contributed by atoms with Crippen LogP contribution in [0.25, 0.3) is 6.08 Å². The van der Waals surface area contributed by atoms with E-state index in [1.807, 2.05) is 52.0 Å². The number of aryl methyl sites for hydroxylation is 2. The molecular formula is C24H26ClNO4S2. The molecule has 2 aromatic carbocycles. The van der Waals surface area contributed by atoms with Crippen molar-refractivity contribution in [3.05, 3.63) is 56.9 Å². The second-order valence-corrected chi connectivity index (χ2v) is 9.19. The summed E-state index contributed by atoms with van der Waals surface area (Å²) >= 11 is 13.1. The molecule has 2 aromatic rings. The summed E-state index contributed by atoms with van der Waals surface area (Å²) in [6.07, 6.45) is 1.78. The molecule has 1 amide bonds. The van der Waals surface area contributed by atoms with Crippen molar-refractivity contribution in [2.45, 2.75) is 27.7 Å². The predicted molar refractivity (Wildman–Crippen MR) is 135 cm³/mol. The molecule has 3 rings (SSSR count). The Hall–Kier alpha value is -2.22. The third-order valence-electron chi connectivity index (χ3n) is 4.80. The zero-order valence-electron chi connectivity index (χ0n) is 18.6. The zero-order valence-corrected chi connectivity index (χ0v) is 21.0. The number of benzene rings is 2. The van der Waals surface area contributed by atoms with Crippen molar-refractivity contribution < 1.29 is 19.0 Å². The fourth-order valence-electron chi connectivity index (χ4n) is 3.31. The highest BCUT2D eigenvalue weighted by Crippen LogP contribution is 2.39. The first-order valence-corrected chi connectivity index (χ1v) is 12.0. The molecule has 8 heteroatoms. The Labute approximate surface area is 203 Å². The van der Waals surface area contributed by atoms with Crippen molar-refractivity contribution in [3.8, 4) is 17.2 Å². The second-order valence-electron chi connectivity index (χ2n) is 7.11. The minimum absolute atomic E-state index is 0.0967. The number of amides is 1. The van der Waals surface area contributed by atoms with Gasteiger partial charge in [0.15, 0.2) is 11.5 Å². The van der Waals surface area contributed by atoms with E-state index < -0.39 is 0 Å². The van der Waals surface area contributed by atoms with Crippen LogP contribution in [0.4, 0.5) is 0 Å². The Morgan fingerprint density at radius 3 is 2.31 bits per heavy atom. The first-order chi connectivity index (χ1) is 15.3. The number of nitrogens with zero attached hydrogens (tertiary/aromatic N) is 1. The number of para-hydroxylation sites is 1. The molecule has 1 saturated heterocycles. The standard InChI is InChI=1S/C24H26ClNO4S2/c1-5-26-23(27)20(32-24(26)31)14-17-12-18(25)22(19(13-17)28-6-2)30-11-10-29-21-15(3)8-7-9-16(21)4/h7-9,12-14H,5-6,10-11H2,1-4H3. The molecule has 0 spiro atoms. The smallest absolute Gasteiger partial charge is 0.266 e. The summed E-state index contributed by atoms with van der Waals surface area (Å²) in [6, 6.07) is 9.60. The van der Waals surface area contributed by atoms with Gasteiger partial charge < -0.3 is 14.2 Å². The molecule has 1 fully saturated rings. The number of rotatable bonds is 9. The van der Waals surface area contributed by atoms with Crippen LogP contribution >= 0.6 is 35.6 Å². The minimum Gasteiger partial charge on any atom is -0.490 e. The molecule has 0 unspecified atom stereocenters. The van der Waals surface area contributed by atoms with E-state index >= 15 is 0 Å².